The summed E-state index contributed by atoms with van der Waals surface area (Å²) in [7, 11) is 0. The van der Waals surface area contributed by atoms with Crippen molar-refractivity contribution in [3.05, 3.63) is 72.6 Å². The first-order valence-electron chi connectivity index (χ1n) is 6.47. The van der Waals surface area contributed by atoms with Gasteiger partial charge in [-0.1, -0.05) is 6.07 Å². The fourth-order valence-electron chi connectivity index (χ4n) is 1.77. The Labute approximate surface area is 125 Å². The SMILES string of the molecule is Fc1ccc(Oc2cnc(Nc3cccc(F)c3)nc2)cc1. The van der Waals surface area contributed by atoms with E-state index >= 15 is 0 Å². The Balaban J connectivity index is 1.68. The Morgan fingerprint density at radius 1 is 0.818 bits per heavy atom. The van der Waals surface area contributed by atoms with Gasteiger partial charge in [-0.25, -0.2) is 18.7 Å². The highest BCUT2D eigenvalue weighted by molar-refractivity contribution is 5.52. The van der Waals surface area contributed by atoms with Gasteiger partial charge in [-0.15, -0.1) is 0 Å². The predicted octanol–water partition coefficient (Wildman–Crippen LogP) is 4.29. The van der Waals surface area contributed by atoms with Crippen LogP contribution in [0.25, 0.3) is 0 Å². The van der Waals surface area contributed by atoms with E-state index in [-0.39, 0.29) is 11.6 Å². The van der Waals surface area contributed by atoms with Crippen molar-refractivity contribution in [1.29, 1.82) is 0 Å². The maximum atomic E-state index is 13.1. The molecule has 1 N–H and O–H groups in total. The van der Waals surface area contributed by atoms with Crippen molar-refractivity contribution in [1.82, 2.24) is 9.97 Å². The number of anilines is 2. The molecular formula is C16H11F2N3O. The van der Waals surface area contributed by atoms with Gasteiger partial charge >= 0.3 is 0 Å². The maximum absolute atomic E-state index is 13.1. The van der Waals surface area contributed by atoms with Crippen LogP contribution in [0, 0.1) is 11.6 Å². The van der Waals surface area contributed by atoms with E-state index in [2.05, 4.69) is 15.3 Å². The Morgan fingerprint density at radius 3 is 2.23 bits per heavy atom. The molecule has 0 bridgehead atoms. The lowest BCUT2D eigenvalue weighted by atomic mass is 10.3. The van der Waals surface area contributed by atoms with Crippen LogP contribution in [0.5, 0.6) is 11.5 Å². The first-order chi connectivity index (χ1) is 10.7. The molecule has 0 fully saturated rings. The summed E-state index contributed by atoms with van der Waals surface area (Å²) < 4.78 is 31.4. The van der Waals surface area contributed by atoms with Gasteiger partial charge in [-0.2, -0.15) is 0 Å². The van der Waals surface area contributed by atoms with Crippen LogP contribution < -0.4 is 10.1 Å². The summed E-state index contributed by atoms with van der Waals surface area (Å²) in [4.78, 5) is 8.15. The second-order valence-corrected chi connectivity index (χ2v) is 4.43. The summed E-state index contributed by atoms with van der Waals surface area (Å²) in [5.74, 6) is 0.531. The van der Waals surface area contributed by atoms with Crippen molar-refractivity contribution in [2.45, 2.75) is 0 Å². The molecule has 0 amide bonds. The molecule has 110 valence electrons. The van der Waals surface area contributed by atoms with Gasteiger partial charge in [0.1, 0.15) is 17.4 Å². The van der Waals surface area contributed by atoms with Gasteiger partial charge in [-0.3, -0.25) is 0 Å². The van der Waals surface area contributed by atoms with E-state index in [0.717, 1.165) is 0 Å². The van der Waals surface area contributed by atoms with Gasteiger partial charge < -0.3 is 10.1 Å². The Kier molecular flexibility index (Phi) is 3.91. The molecule has 0 spiro atoms. The number of hydrogen-bond donors (Lipinski definition) is 1. The second kappa shape index (κ2) is 6.17. The molecule has 0 saturated carbocycles. The zero-order valence-corrected chi connectivity index (χ0v) is 11.3. The molecule has 1 heterocycles. The van der Waals surface area contributed by atoms with Crippen molar-refractivity contribution < 1.29 is 13.5 Å². The van der Waals surface area contributed by atoms with Crippen molar-refractivity contribution in [2.75, 3.05) is 5.32 Å². The van der Waals surface area contributed by atoms with Crippen LogP contribution in [-0.4, -0.2) is 9.97 Å². The number of nitrogens with one attached hydrogen (secondary N) is 1. The molecule has 3 aromatic rings. The molecule has 2 aromatic carbocycles. The van der Waals surface area contributed by atoms with Crippen molar-refractivity contribution in [3.63, 3.8) is 0 Å². The minimum Gasteiger partial charge on any atom is -0.454 e. The minimum atomic E-state index is -0.346. The number of benzene rings is 2. The molecule has 0 aliphatic rings. The van der Waals surface area contributed by atoms with Crippen LogP contribution in [0.2, 0.25) is 0 Å². The van der Waals surface area contributed by atoms with E-state index < -0.39 is 0 Å². The molecule has 22 heavy (non-hydrogen) atoms. The molecule has 4 nitrogen and oxygen atoms in total. The van der Waals surface area contributed by atoms with E-state index in [9.17, 15) is 8.78 Å². The lowest BCUT2D eigenvalue weighted by Crippen LogP contribution is -1.97. The molecule has 0 aliphatic heterocycles. The van der Waals surface area contributed by atoms with Gasteiger partial charge in [0.2, 0.25) is 5.95 Å². The number of rotatable bonds is 4. The van der Waals surface area contributed by atoms with E-state index in [1.165, 1.54) is 48.8 Å². The number of halogens is 2. The van der Waals surface area contributed by atoms with Crippen LogP contribution in [0.1, 0.15) is 0 Å². The van der Waals surface area contributed by atoms with Gasteiger partial charge in [0.25, 0.3) is 0 Å². The third kappa shape index (κ3) is 3.54. The van der Waals surface area contributed by atoms with E-state index in [0.29, 0.717) is 23.1 Å². The Morgan fingerprint density at radius 2 is 1.55 bits per heavy atom. The molecule has 1 aromatic heterocycles. The average molecular weight is 299 g/mol. The monoisotopic (exact) mass is 299 g/mol. The first-order valence-corrected chi connectivity index (χ1v) is 6.47. The number of ether oxygens (including phenoxy) is 1. The zero-order chi connectivity index (χ0) is 15.4. The van der Waals surface area contributed by atoms with Crippen LogP contribution in [-0.2, 0) is 0 Å². The fourth-order valence-corrected chi connectivity index (χ4v) is 1.77. The highest BCUT2D eigenvalue weighted by Crippen LogP contribution is 2.21. The normalized spacial score (nSPS) is 10.3. The smallest absolute Gasteiger partial charge is 0.227 e. The fraction of sp³-hybridized carbons (Fsp3) is 0. The highest BCUT2D eigenvalue weighted by atomic mass is 19.1. The molecule has 3 rings (SSSR count). The third-order valence-corrected chi connectivity index (χ3v) is 2.76. The Bertz CT molecular complexity index is 761. The van der Waals surface area contributed by atoms with E-state index in [1.807, 2.05) is 0 Å². The maximum Gasteiger partial charge on any atom is 0.227 e. The molecule has 6 heteroatoms. The van der Waals surface area contributed by atoms with Crippen LogP contribution in [0.4, 0.5) is 20.4 Å². The summed E-state index contributed by atoms with van der Waals surface area (Å²) in [6, 6.07) is 11.6. The van der Waals surface area contributed by atoms with Gasteiger partial charge in [0.15, 0.2) is 5.75 Å². The summed E-state index contributed by atoms with van der Waals surface area (Å²) in [5.41, 5.74) is 0.548. The highest BCUT2D eigenvalue weighted by Gasteiger charge is 2.02. The van der Waals surface area contributed by atoms with Crippen molar-refractivity contribution in [3.8, 4) is 11.5 Å². The van der Waals surface area contributed by atoms with Gasteiger partial charge in [-0.05, 0) is 42.5 Å². The molecule has 0 unspecified atom stereocenters. The predicted molar refractivity (Wildman–Crippen MR) is 78.2 cm³/mol. The third-order valence-electron chi connectivity index (χ3n) is 2.76. The van der Waals surface area contributed by atoms with E-state index in [4.69, 9.17) is 4.74 Å². The van der Waals surface area contributed by atoms with E-state index in [1.54, 1.807) is 12.1 Å². The molecule has 0 aliphatic carbocycles. The lowest BCUT2D eigenvalue weighted by Gasteiger charge is -2.07. The van der Waals surface area contributed by atoms with Crippen LogP contribution in [0.3, 0.4) is 0 Å². The molecule has 0 radical (unpaired) electrons. The van der Waals surface area contributed by atoms with Crippen LogP contribution in [0.15, 0.2) is 60.9 Å². The number of nitrogens with zero attached hydrogens (tertiary/aromatic N) is 2. The number of aromatic nitrogens is 2. The zero-order valence-electron chi connectivity index (χ0n) is 11.3. The Hall–Kier alpha value is -3.02. The van der Waals surface area contributed by atoms with Gasteiger partial charge in [0.05, 0.1) is 12.4 Å². The van der Waals surface area contributed by atoms with Crippen LogP contribution >= 0.6 is 0 Å². The molecule has 0 atom stereocenters. The van der Waals surface area contributed by atoms with Gasteiger partial charge in [0, 0.05) is 5.69 Å². The largest absolute Gasteiger partial charge is 0.454 e. The van der Waals surface area contributed by atoms with Crippen molar-refractivity contribution in [2.24, 2.45) is 0 Å². The summed E-state index contributed by atoms with van der Waals surface area (Å²) in [6.45, 7) is 0. The molecular weight excluding hydrogens is 288 g/mol. The summed E-state index contributed by atoms with van der Waals surface area (Å²) >= 11 is 0. The minimum absolute atomic E-state index is 0.317. The number of hydrogen-bond acceptors (Lipinski definition) is 4. The lowest BCUT2D eigenvalue weighted by molar-refractivity contribution is 0.476. The topological polar surface area (TPSA) is 47.0 Å². The van der Waals surface area contributed by atoms with Crippen molar-refractivity contribution >= 4 is 11.6 Å². The first kappa shape index (κ1) is 13.9. The standard InChI is InChI=1S/C16H11F2N3O/c17-11-4-6-14(7-5-11)22-15-9-19-16(20-10-15)21-13-3-1-2-12(18)8-13/h1-10H,(H,19,20,21). The quantitative estimate of drug-likeness (QED) is 0.780. The summed E-state index contributed by atoms with van der Waals surface area (Å²) in [5, 5.41) is 2.88. The molecule has 0 saturated heterocycles. The summed E-state index contributed by atoms with van der Waals surface area (Å²) in [6.07, 6.45) is 2.94. The second-order valence-electron chi connectivity index (χ2n) is 4.43. The average Bonchev–Trinajstić information content (AvgIpc) is 2.52.